The Labute approximate surface area is 118 Å². The third kappa shape index (κ3) is 3.50. The van der Waals surface area contributed by atoms with Gasteiger partial charge < -0.3 is 5.11 Å². The van der Waals surface area contributed by atoms with Gasteiger partial charge in [0.05, 0.1) is 10.0 Å². The summed E-state index contributed by atoms with van der Waals surface area (Å²) in [6.45, 7) is 0. The fourth-order valence-corrected chi connectivity index (χ4v) is 2.67. The van der Waals surface area contributed by atoms with Crippen molar-refractivity contribution in [1.82, 2.24) is 0 Å². The molecule has 0 saturated carbocycles. The van der Waals surface area contributed by atoms with Crippen molar-refractivity contribution in [2.24, 2.45) is 0 Å². The van der Waals surface area contributed by atoms with Gasteiger partial charge in [0.15, 0.2) is 0 Å². The Hall–Kier alpha value is -0.500. The van der Waals surface area contributed by atoms with Crippen molar-refractivity contribution in [3.8, 4) is 0 Å². The van der Waals surface area contributed by atoms with Gasteiger partial charge in [0.1, 0.15) is 6.10 Å². The van der Waals surface area contributed by atoms with Crippen molar-refractivity contribution in [2.45, 2.75) is 44.6 Å². The molecule has 0 aromatic heterocycles. The largest absolute Gasteiger partial charge is 0.384 e. The highest BCUT2D eigenvalue weighted by Crippen LogP contribution is 2.32. The van der Waals surface area contributed by atoms with Gasteiger partial charge in [-0.25, -0.2) is 0 Å². The van der Waals surface area contributed by atoms with Gasteiger partial charge in [-0.3, -0.25) is 0 Å². The number of rotatable bonds is 2. The second-order valence-electron chi connectivity index (χ2n) is 4.81. The van der Waals surface area contributed by atoms with E-state index in [2.05, 4.69) is 6.08 Å². The first-order valence-electron chi connectivity index (χ1n) is 6.50. The first-order valence-corrected chi connectivity index (χ1v) is 7.26. The zero-order valence-corrected chi connectivity index (χ0v) is 11.8. The van der Waals surface area contributed by atoms with Gasteiger partial charge in [-0.1, -0.05) is 48.2 Å². The van der Waals surface area contributed by atoms with E-state index in [1.165, 1.54) is 19.3 Å². The van der Waals surface area contributed by atoms with Crippen molar-refractivity contribution in [3.63, 3.8) is 0 Å². The SMILES string of the molecule is OC(/C1=C/CCCCCC1)c1ccc(Cl)c(Cl)c1. The van der Waals surface area contributed by atoms with Crippen LogP contribution in [0.5, 0.6) is 0 Å². The van der Waals surface area contributed by atoms with E-state index in [0.717, 1.165) is 30.4 Å². The van der Waals surface area contributed by atoms with Gasteiger partial charge in [-0.05, 0) is 49.0 Å². The number of hydrogen-bond acceptors (Lipinski definition) is 1. The maximum atomic E-state index is 10.4. The van der Waals surface area contributed by atoms with Crippen LogP contribution in [0.1, 0.15) is 50.2 Å². The fraction of sp³-hybridized carbons (Fsp3) is 0.467. The quantitative estimate of drug-likeness (QED) is 0.730. The minimum Gasteiger partial charge on any atom is -0.384 e. The molecule has 18 heavy (non-hydrogen) atoms. The molecule has 1 aromatic carbocycles. The molecular formula is C15H18Cl2O. The first kappa shape index (κ1) is 13.9. The lowest BCUT2D eigenvalue weighted by molar-refractivity contribution is 0.209. The predicted molar refractivity (Wildman–Crippen MR) is 77.2 cm³/mol. The molecule has 0 bridgehead atoms. The Kier molecular flexibility index (Phi) is 5.11. The van der Waals surface area contributed by atoms with Crippen molar-refractivity contribution < 1.29 is 5.11 Å². The van der Waals surface area contributed by atoms with E-state index < -0.39 is 6.10 Å². The number of benzene rings is 1. The zero-order valence-electron chi connectivity index (χ0n) is 10.3. The molecule has 1 atom stereocenters. The number of aliphatic hydroxyl groups excluding tert-OH is 1. The van der Waals surface area contributed by atoms with E-state index >= 15 is 0 Å². The highest BCUT2D eigenvalue weighted by Gasteiger charge is 2.15. The number of allylic oxidation sites excluding steroid dienone is 1. The standard InChI is InChI=1S/C15H18Cl2O/c16-13-9-8-12(10-14(13)17)15(18)11-6-4-2-1-3-5-7-11/h6,8-10,15,18H,1-5,7H2/b11-6+. The molecule has 1 aromatic rings. The fourth-order valence-electron chi connectivity index (χ4n) is 2.36. The number of halogens is 2. The summed E-state index contributed by atoms with van der Waals surface area (Å²) in [5, 5.41) is 11.4. The second-order valence-corrected chi connectivity index (χ2v) is 5.62. The van der Waals surface area contributed by atoms with Crippen molar-refractivity contribution >= 4 is 23.2 Å². The molecular weight excluding hydrogens is 267 g/mol. The topological polar surface area (TPSA) is 20.2 Å². The minimum absolute atomic E-state index is 0.500. The highest BCUT2D eigenvalue weighted by molar-refractivity contribution is 6.42. The molecule has 1 aliphatic carbocycles. The summed E-state index contributed by atoms with van der Waals surface area (Å²) in [6, 6.07) is 5.35. The van der Waals surface area contributed by atoms with E-state index in [1.54, 1.807) is 12.1 Å². The lowest BCUT2D eigenvalue weighted by Crippen LogP contribution is -2.03. The molecule has 0 heterocycles. The van der Waals surface area contributed by atoms with E-state index in [0.29, 0.717) is 10.0 Å². The van der Waals surface area contributed by atoms with Crippen LogP contribution in [0.2, 0.25) is 10.0 Å². The summed E-state index contributed by atoms with van der Waals surface area (Å²) in [6.07, 6.45) is 8.61. The molecule has 1 N–H and O–H groups in total. The Morgan fingerprint density at radius 2 is 1.78 bits per heavy atom. The van der Waals surface area contributed by atoms with Crippen molar-refractivity contribution in [3.05, 3.63) is 45.5 Å². The van der Waals surface area contributed by atoms with Gasteiger partial charge in [-0.15, -0.1) is 0 Å². The van der Waals surface area contributed by atoms with Crippen LogP contribution >= 0.6 is 23.2 Å². The highest BCUT2D eigenvalue weighted by atomic mass is 35.5. The molecule has 0 spiro atoms. The summed E-state index contributed by atoms with van der Waals surface area (Å²) >= 11 is 11.9. The normalized spacial score (nSPS) is 21.6. The Morgan fingerprint density at radius 1 is 1.00 bits per heavy atom. The number of aliphatic hydroxyl groups is 1. The van der Waals surface area contributed by atoms with Gasteiger partial charge >= 0.3 is 0 Å². The van der Waals surface area contributed by atoms with E-state index in [4.69, 9.17) is 23.2 Å². The molecule has 1 aliphatic rings. The minimum atomic E-state index is -0.544. The van der Waals surface area contributed by atoms with E-state index in [-0.39, 0.29) is 0 Å². The van der Waals surface area contributed by atoms with Crippen LogP contribution in [-0.2, 0) is 0 Å². The molecule has 0 amide bonds. The van der Waals surface area contributed by atoms with E-state index in [1.807, 2.05) is 6.07 Å². The Morgan fingerprint density at radius 3 is 2.56 bits per heavy atom. The third-order valence-electron chi connectivity index (χ3n) is 3.44. The predicted octanol–water partition coefficient (Wildman–Crippen LogP) is 5.31. The van der Waals surface area contributed by atoms with Crippen LogP contribution in [0, 0.1) is 0 Å². The summed E-state index contributed by atoms with van der Waals surface area (Å²) in [5.41, 5.74) is 1.95. The van der Waals surface area contributed by atoms with Crippen LogP contribution in [0.4, 0.5) is 0 Å². The molecule has 98 valence electrons. The molecule has 0 radical (unpaired) electrons. The average molecular weight is 285 g/mol. The lowest BCUT2D eigenvalue weighted by atomic mass is 9.93. The maximum Gasteiger partial charge on any atom is 0.100 e. The van der Waals surface area contributed by atoms with Gasteiger partial charge in [0.2, 0.25) is 0 Å². The zero-order chi connectivity index (χ0) is 13.0. The lowest BCUT2D eigenvalue weighted by Gasteiger charge is -2.18. The van der Waals surface area contributed by atoms with Crippen LogP contribution in [-0.4, -0.2) is 5.11 Å². The molecule has 0 fully saturated rings. The molecule has 0 saturated heterocycles. The molecule has 2 rings (SSSR count). The number of hydrogen-bond donors (Lipinski definition) is 1. The molecule has 1 nitrogen and oxygen atoms in total. The summed E-state index contributed by atoms with van der Waals surface area (Å²) in [4.78, 5) is 0. The van der Waals surface area contributed by atoms with Crippen LogP contribution < -0.4 is 0 Å². The Balaban J connectivity index is 2.18. The molecule has 0 aliphatic heterocycles. The van der Waals surface area contributed by atoms with Crippen LogP contribution in [0.3, 0.4) is 0 Å². The molecule has 1 unspecified atom stereocenters. The van der Waals surface area contributed by atoms with Crippen molar-refractivity contribution in [1.29, 1.82) is 0 Å². The smallest absolute Gasteiger partial charge is 0.100 e. The maximum absolute atomic E-state index is 10.4. The summed E-state index contributed by atoms with van der Waals surface area (Å²) in [7, 11) is 0. The van der Waals surface area contributed by atoms with Gasteiger partial charge in [0, 0.05) is 0 Å². The van der Waals surface area contributed by atoms with Gasteiger partial charge in [0.25, 0.3) is 0 Å². The monoisotopic (exact) mass is 284 g/mol. The summed E-state index contributed by atoms with van der Waals surface area (Å²) in [5.74, 6) is 0. The van der Waals surface area contributed by atoms with Crippen molar-refractivity contribution in [2.75, 3.05) is 0 Å². The van der Waals surface area contributed by atoms with Gasteiger partial charge in [-0.2, -0.15) is 0 Å². The Bertz CT molecular complexity index is 440. The first-order chi connectivity index (χ1) is 8.68. The molecule has 3 heteroatoms. The van der Waals surface area contributed by atoms with E-state index in [9.17, 15) is 5.11 Å². The van der Waals surface area contributed by atoms with Crippen LogP contribution in [0.25, 0.3) is 0 Å². The summed E-state index contributed by atoms with van der Waals surface area (Å²) < 4.78 is 0. The van der Waals surface area contributed by atoms with Crippen LogP contribution in [0.15, 0.2) is 29.8 Å². The second kappa shape index (κ2) is 6.60. The third-order valence-corrected chi connectivity index (χ3v) is 4.18. The average Bonchev–Trinajstić information content (AvgIpc) is 2.31.